The molecule has 15 heavy (non-hydrogen) atoms. The number of carbonyl (C=O) groups is 1. The van der Waals surface area contributed by atoms with Gasteiger partial charge in [-0.05, 0) is 26.2 Å². The number of nitrogens with zero attached hydrogens (tertiary/aromatic N) is 1. The molecule has 1 fully saturated rings. The van der Waals surface area contributed by atoms with Crippen LogP contribution in [0.4, 0.5) is 0 Å². The topological polar surface area (TPSA) is 20.3 Å². The summed E-state index contributed by atoms with van der Waals surface area (Å²) in [7, 11) is 0. The van der Waals surface area contributed by atoms with Crippen molar-refractivity contribution < 1.29 is 4.79 Å². The molecular weight excluding hydrogens is 186 g/mol. The van der Waals surface area contributed by atoms with E-state index < -0.39 is 0 Å². The van der Waals surface area contributed by atoms with E-state index in [0.717, 1.165) is 5.92 Å². The maximum atomic E-state index is 12.0. The van der Waals surface area contributed by atoms with Gasteiger partial charge in [0.1, 0.15) is 0 Å². The van der Waals surface area contributed by atoms with Gasteiger partial charge in [0.25, 0.3) is 0 Å². The van der Waals surface area contributed by atoms with Crippen LogP contribution in [0.15, 0.2) is 25.3 Å². The zero-order valence-electron chi connectivity index (χ0n) is 9.07. The fourth-order valence-corrected chi connectivity index (χ4v) is 1.49. The highest BCUT2D eigenvalue weighted by molar-refractivity contribution is 5.98. The molecule has 0 heterocycles. The van der Waals surface area contributed by atoms with E-state index in [0.29, 0.717) is 19.0 Å². The molecule has 1 rings (SSSR count). The fourth-order valence-electron chi connectivity index (χ4n) is 1.49. The number of amides is 1. The molecule has 5 radical (unpaired) electrons. The second kappa shape index (κ2) is 5.74. The van der Waals surface area contributed by atoms with Gasteiger partial charge in [-0.15, -0.1) is 13.2 Å². The van der Waals surface area contributed by atoms with Gasteiger partial charge in [0, 0.05) is 19.0 Å². The van der Waals surface area contributed by atoms with Gasteiger partial charge in [0.05, 0.1) is 5.92 Å². The van der Waals surface area contributed by atoms with E-state index in [2.05, 4.69) is 13.2 Å². The average Bonchev–Trinajstić information content (AvgIpc) is 2.72. The van der Waals surface area contributed by atoms with Gasteiger partial charge >= 0.3 is 0 Å². The lowest BCUT2D eigenvalue weighted by molar-refractivity contribution is -0.127. The van der Waals surface area contributed by atoms with Gasteiger partial charge < -0.3 is 4.90 Å². The van der Waals surface area contributed by atoms with E-state index in [9.17, 15) is 4.79 Å². The summed E-state index contributed by atoms with van der Waals surface area (Å²) in [4.78, 5) is 13.8. The first-order valence-electron chi connectivity index (χ1n) is 5.02. The van der Waals surface area contributed by atoms with Crippen molar-refractivity contribution in [1.82, 2.24) is 4.90 Å². The molecule has 0 aromatic carbocycles. The highest BCUT2D eigenvalue weighted by Crippen LogP contribution is 2.35. The summed E-state index contributed by atoms with van der Waals surface area (Å²) in [6.07, 6.45) is 9.02. The van der Waals surface area contributed by atoms with Crippen LogP contribution in [0.5, 0.6) is 0 Å². The molecule has 0 spiro atoms. The Morgan fingerprint density at radius 1 is 1.47 bits per heavy atom. The molecule has 1 amide bonds. The Bertz CT molecular complexity index is 247. The number of hydrogen-bond acceptors (Lipinski definition) is 1. The van der Waals surface area contributed by atoms with Crippen LogP contribution in [-0.2, 0) is 4.79 Å². The number of hydrogen-bond donors (Lipinski definition) is 0. The molecule has 1 aliphatic rings. The summed E-state index contributed by atoms with van der Waals surface area (Å²) in [5, 5.41) is 0. The van der Waals surface area contributed by atoms with Crippen LogP contribution in [0, 0.1) is 31.1 Å². The molecule has 2 nitrogen and oxygen atoms in total. The summed E-state index contributed by atoms with van der Waals surface area (Å²) in [5.74, 6) is 1.65. The highest BCUT2D eigenvalue weighted by Gasteiger charge is 2.34. The van der Waals surface area contributed by atoms with Gasteiger partial charge in [0.2, 0.25) is 5.91 Å². The van der Waals surface area contributed by atoms with Crippen molar-refractivity contribution in [3.8, 4) is 0 Å². The maximum absolute atomic E-state index is 12.0. The predicted octanol–water partition coefficient (Wildman–Crippen LogP) is 1.98. The van der Waals surface area contributed by atoms with Crippen LogP contribution in [-0.4, -0.2) is 23.9 Å². The molecule has 0 aromatic rings. The first-order valence-corrected chi connectivity index (χ1v) is 5.02. The standard InChI is InChI=1S/C13H16NO/c1-4-10-14(6-3)13(15)12-9-7-8-11(12)5-2/h4-5,7-9H,1-2,6,10H2,3H3. The predicted molar refractivity (Wildman–Crippen MR) is 62.0 cm³/mol. The zero-order chi connectivity index (χ0) is 11.3. The Kier molecular flexibility index (Phi) is 4.60. The quantitative estimate of drug-likeness (QED) is 0.624. The third kappa shape index (κ3) is 2.71. The van der Waals surface area contributed by atoms with E-state index >= 15 is 0 Å². The molecule has 1 saturated carbocycles. The van der Waals surface area contributed by atoms with Crippen molar-refractivity contribution in [2.24, 2.45) is 0 Å². The lowest BCUT2D eigenvalue weighted by atomic mass is 9.95. The molecule has 0 aromatic heterocycles. The van der Waals surface area contributed by atoms with Crippen molar-refractivity contribution >= 4 is 5.91 Å². The summed E-state index contributed by atoms with van der Waals surface area (Å²) in [6.45, 7) is 10.6. The van der Waals surface area contributed by atoms with Crippen molar-refractivity contribution in [3.05, 3.63) is 56.4 Å². The van der Waals surface area contributed by atoms with E-state index in [1.54, 1.807) is 17.1 Å². The van der Waals surface area contributed by atoms with Crippen LogP contribution in [0.1, 0.15) is 6.92 Å². The minimum Gasteiger partial charge on any atom is -0.339 e. The van der Waals surface area contributed by atoms with Crippen molar-refractivity contribution in [2.75, 3.05) is 13.1 Å². The second-order valence-electron chi connectivity index (χ2n) is 3.23. The normalized spacial score (nSPS) is 17.7. The minimum atomic E-state index is 0.0392. The average molecular weight is 202 g/mol. The van der Waals surface area contributed by atoms with Gasteiger partial charge in [-0.3, -0.25) is 4.79 Å². The molecule has 0 unspecified atom stereocenters. The Morgan fingerprint density at radius 2 is 2.20 bits per heavy atom. The Morgan fingerprint density at radius 3 is 2.73 bits per heavy atom. The fraction of sp³-hybridized carbons (Fsp3) is 0.231. The van der Waals surface area contributed by atoms with E-state index in [-0.39, 0.29) is 5.91 Å². The lowest BCUT2D eigenvalue weighted by Crippen LogP contribution is -2.36. The SMILES string of the molecule is C=CCN(CC)C(=O)[C]1[CH][CH][CH][C]1C=C. The summed E-state index contributed by atoms with van der Waals surface area (Å²) in [6, 6.07) is 0. The van der Waals surface area contributed by atoms with E-state index in [1.165, 1.54) is 0 Å². The number of allylic oxidation sites excluding steroid dienone is 1. The van der Waals surface area contributed by atoms with E-state index in [1.807, 2.05) is 26.2 Å². The summed E-state index contributed by atoms with van der Waals surface area (Å²) in [5.41, 5.74) is 0. The zero-order valence-corrected chi connectivity index (χ0v) is 9.07. The van der Waals surface area contributed by atoms with Gasteiger partial charge in [-0.2, -0.15) is 0 Å². The molecule has 0 bridgehead atoms. The lowest BCUT2D eigenvalue weighted by Gasteiger charge is -2.24. The van der Waals surface area contributed by atoms with Crippen molar-refractivity contribution in [3.63, 3.8) is 0 Å². The third-order valence-electron chi connectivity index (χ3n) is 2.32. The molecule has 0 saturated heterocycles. The first-order chi connectivity index (χ1) is 7.24. The Balaban J connectivity index is 2.64. The smallest absolute Gasteiger partial charge is 0.231 e. The van der Waals surface area contributed by atoms with Crippen LogP contribution < -0.4 is 0 Å². The molecule has 2 heteroatoms. The van der Waals surface area contributed by atoms with Crippen LogP contribution in [0.25, 0.3) is 0 Å². The largest absolute Gasteiger partial charge is 0.339 e. The molecule has 0 aliphatic heterocycles. The van der Waals surface area contributed by atoms with Crippen LogP contribution >= 0.6 is 0 Å². The molecule has 1 aliphatic carbocycles. The van der Waals surface area contributed by atoms with Crippen molar-refractivity contribution in [1.29, 1.82) is 0 Å². The molecule has 0 N–H and O–H groups in total. The molecule has 79 valence electrons. The van der Waals surface area contributed by atoms with Gasteiger partial charge in [-0.25, -0.2) is 0 Å². The number of rotatable bonds is 5. The number of carbonyl (C=O) groups excluding carboxylic acids is 1. The van der Waals surface area contributed by atoms with Crippen LogP contribution in [0.3, 0.4) is 0 Å². The van der Waals surface area contributed by atoms with Gasteiger partial charge in [0.15, 0.2) is 0 Å². The third-order valence-corrected chi connectivity index (χ3v) is 2.32. The second-order valence-corrected chi connectivity index (χ2v) is 3.23. The van der Waals surface area contributed by atoms with E-state index in [4.69, 9.17) is 0 Å². The van der Waals surface area contributed by atoms with Crippen molar-refractivity contribution in [2.45, 2.75) is 6.92 Å². The molecule has 0 atom stereocenters. The minimum absolute atomic E-state index is 0.0392. The Hall–Kier alpha value is -1.05. The Labute approximate surface area is 92.7 Å². The summed E-state index contributed by atoms with van der Waals surface area (Å²) < 4.78 is 0. The number of likely N-dealkylation sites (N-methyl/N-ethyl adjacent to an activating group) is 1. The maximum Gasteiger partial charge on any atom is 0.231 e. The highest BCUT2D eigenvalue weighted by atomic mass is 16.2. The first kappa shape index (κ1) is 12.0. The summed E-state index contributed by atoms with van der Waals surface area (Å²) >= 11 is 0. The van der Waals surface area contributed by atoms with Gasteiger partial charge in [-0.1, -0.05) is 12.2 Å². The van der Waals surface area contributed by atoms with Crippen LogP contribution in [0.2, 0.25) is 0 Å². The molecular formula is C13H16NO. The monoisotopic (exact) mass is 202 g/mol.